The fraction of sp³-hybridized carbons (Fsp3) is 0.286. The van der Waals surface area contributed by atoms with E-state index in [-0.39, 0.29) is 24.1 Å². The van der Waals surface area contributed by atoms with Gasteiger partial charge in [-0.25, -0.2) is 13.8 Å². The zero-order valence-corrected chi connectivity index (χ0v) is 19.5. The van der Waals surface area contributed by atoms with Gasteiger partial charge in [0.1, 0.15) is 11.6 Å². The molecule has 0 bridgehead atoms. The SMILES string of the molecule is O=C(CN1CCN(Cc2ccccc2)CC1)N1N=C(c2ccc(F)cc2)CC1c1ccccc1F. The first-order valence-electron chi connectivity index (χ1n) is 12.0. The van der Waals surface area contributed by atoms with E-state index in [0.29, 0.717) is 17.7 Å². The summed E-state index contributed by atoms with van der Waals surface area (Å²) in [4.78, 5) is 17.9. The predicted octanol–water partition coefficient (Wildman–Crippen LogP) is 4.46. The number of amides is 1. The molecule has 0 aliphatic carbocycles. The van der Waals surface area contributed by atoms with Crippen LogP contribution < -0.4 is 0 Å². The number of halogens is 2. The molecule has 1 amide bonds. The smallest absolute Gasteiger partial charge is 0.257 e. The van der Waals surface area contributed by atoms with Crippen LogP contribution in [0.2, 0.25) is 0 Å². The van der Waals surface area contributed by atoms with Crippen molar-refractivity contribution in [1.29, 1.82) is 0 Å². The fourth-order valence-electron chi connectivity index (χ4n) is 4.76. The molecule has 7 heteroatoms. The third-order valence-electron chi connectivity index (χ3n) is 6.68. The number of nitrogens with zero attached hydrogens (tertiary/aromatic N) is 4. The van der Waals surface area contributed by atoms with Crippen LogP contribution in [0.1, 0.15) is 29.2 Å². The quantitative estimate of drug-likeness (QED) is 0.530. The van der Waals surface area contributed by atoms with Gasteiger partial charge in [0.25, 0.3) is 5.91 Å². The molecule has 5 nitrogen and oxygen atoms in total. The third-order valence-corrected chi connectivity index (χ3v) is 6.68. The first-order chi connectivity index (χ1) is 17.1. The zero-order chi connectivity index (χ0) is 24.2. The molecular weight excluding hydrogens is 446 g/mol. The second kappa shape index (κ2) is 10.5. The molecule has 5 rings (SSSR count). The molecule has 3 aromatic rings. The Bertz CT molecular complexity index is 1190. The Hall–Kier alpha value is -3.42. The van der Waals surface area contributed by atoms with Crippen molar-refractivity contribution in [2.24, 2.45) is 5.10 Å². The minimum Gasteiger partial charge on any atom is -0.297 e. The summed E-state index contributed by atoms with van der Waals surface area (Å²) in [7, 11) is 0. The van der Waals surface area contributed by atoms with Gasteiger partial charge in [-0.05, 0) is 29.3 Å². The van der Waals surface area contributed by atoms with E-state index in [1.807, 2.05) is 18.2 Å². The topological polar surface area (TPSA) is 39.2 Å². The van der Waals surface area contributed by atoms with Gasteiger partial charge in [-0.3, -0.25) is 14.6 Å². The zero-order valence-electron chi connectivity index (χ0n) is 19.5. The second-order valence-electron chi connectivity index (χ2n) is 9.07. The Morgan fingerprint density at radius 1 is 0.829 bits per heavy atom. The molecule has 0 radical (unpaired) electrons. The van der Waals surface area contributed by atoms with Crippen molar-refractivity contribution >= 4 is 11.6 Å². The number of hydrogen-bond acceptors (Lipinski definition) is 4. The first kappa shape index (κ1) is 23.3. The van der Waals surface area contributed by atoms with Crippen molar-refractivity contribution in [2.75, 3.05) is 32.7 Å². The van der Waals surface area contributed by atoms with Gasteiger partial charge < -0.3 is 0 Å². The number of benzene rings is 3. The van der Waals surface area contributed by atoms with Gasteiger partial charge in [0.15, 0.2) is 0 Å². The fourth-order valence-corrected chi connectivity index (χ4v) is 4.76. The number of hydrazone groups is 1. The molecule has 1 fully saturated rings. The monoisotopic (exact) mass is 474 g/mol. The van der Waals surface area contributed by atoms with Crippen LogP contribution in [-0.2, 0) is 11.3 Å². The lowest BCUT2D eigenvalue weighted by atomic mass is 9.98. The summed E-state index contributed by atoms with van der Waals surface area (Å²) in [6.45, 7) is 4.45. The molecule has 0 N–H and O–H groups in total. The Kier molecular flexibility index (Phi) is 6.97. The third kappa shape index (κ3) is 5.47. The van der Waals surface area contributed by atoms with Crippen molar-refractivity contribution in [1.82, 2.24) is 14.8 Å². The molecule has 2 heterocycles. The van der Waals surface area contributed by atoms with Crippen LogP contribution in [-0.4, -0.2) is 59.2 Å². The molecule has 1 saturated heterocycles. The lowest BCUT2D eigenvalue weighted by molar-refractivity contribution is -0.134. The van der Waals surface area contributed by atoms with Crippen LogP contribution in [0.25, 0.3) is 0 Å². The number of piperazine rings is 1. The van der Waals surface area contributed by atoms with E-state index in [0.717, 1.165) is 38.3 Å². The highest BCUT2D eigenvalue weighted by atomic mass is 19.1. The summed E-state index contributed by atoms with van der Waals surface area (Å²) < 4.78 is 28.1. The summed E-state index contributed by atoms with van der Waals surface area (Å²) in [5.41, 5.74) is 3.11. The maximum atomic E-state index is 14.7. The van der Waals surface area contributed by atoms with E-state index < -0.39 is 6.04 Å². The van der Waals surface area contributed by atoms with Crippen LogP contribution in [0.5, 0.6) is 0 Å². The molecule has 1 atom stereocenters. The maximum Gasteiger partial charge on any atom is 0.257 e. The number of rotatable bonds is 6. The summed E-state index contributed by atoms with van der Waals surface area (Å²) >= 11 is 0. The molecule has 0 aromatic heterocycles. The van der Waals surface area contributed by atoms with E-state index >= 15 is 0 Å². The van der Waals surface area contributed by atoms with Gasteiger partial charge in [-0.2, -0.15) is 5.10 Å². The Balaban J connectivity index is 1.28. The van der Waals surface area contributed by atoms with Crippen molar-refractivity contribution in [3.05, 3.63) is 107 Å². The van der Waals surface area contributed by atoms with Gasteiger partial charge >= 0.3 is 0 Å². The van der Waals surface area contributed by atoms with Gasteiger partial charge in [0, 0.05) is 44.7 Å². The highest BCUT2D eigenvalue weighted by Crippen LogP contribution is 2.34. The van der Waals surface area contributed by atoms with Crippen molar-refractivity contribution in [3.63, 3.8) is 0 Å². The van der Waals surface area contributed by atoms with Gasteiger partial charge in [-0.1, -0.05) is 60.7 Å². The molecule has 0 spiro atoms. The summed E-state index contributed by atoms with van der Waals surface area (Å²) in [6.07, 6.45) is 0.378. The second-order valence-corrected chi connectivity index (χ2v) is 9.07. The average molecular weight is 475 g/mol. The Morgan fingerprint density at radius 2 is 1.49 bits per heavy atom. The van der Waals surface area contributed by atoms with Crippen molar-refractivity contribution < 1.29 is 13.6 Å². The van der Waals surface area contributed by atoms with Crippen LogP contribution in [0, 0.1) is 11.6 Å². The molecule has 1 unspecified atom stereocenters. The van der Waals surface area contributed by atoms with E-state index in [1.54, 1.807) is 30.3 Å². The summed E-state index contributed by atoms with van der Waals surface area (Å²) in [5, 5.41) is 6.02. The van der Waals surface area contributed by atoms with E-state index in [1.165, 1.54) is 28.8 Å². The molecule has 3 aromatic carbocycles. The largest absolute Gasteiger partial charge is 0.297 e. The number of hydrogen-bond donors (Lipinski definition) is 0. The minimum atomic E-state index is -0.525. The average Bonchev–Trinajstić information content (AvgIpc) is 3.32. The molecule has 180 valence electrons. The van der Waals surface area contributed by atoms with Crippen molar-refractivity contribution in [2.45, 2.75) is 19.0 Å². The minimum absolute atomic E-state index is 0.160. The standard InChI is InChI=1S/C28H28F2N4O/c29-23-12-10-22(11-13-23)26-18-27(24-8-4-5-9-25(24)30)34(31-26)28(35)20-33-16-14-32(15-17-33)19-21-6-2-1-3-7-21/h1-13,27H,14-20H2. The van der Waals surface area contributed by atoms with Gasteiger partial charge in [0.05, 0.1) is 18.3 Å². The van der Waals surface area contributed by atoms with Gasteiger partial charge in [-0.15, -0.1) is 0 Å². The van der Waals surface area contributed by atoms with Crippen LogP contribution in [0.4, 0.5) is 8.78 Å². The summed E-state index contributed by atoms with van der Waals surface area (Å²) in [5.74, 6) is -0.857. The lowest BCUT2D eigenvalue weighted by Gasteiger charge is -2.35. The van der Waals surface area contributed by atoms with Crippen molar-refractivity contribution in [3.8, 4) is 0 Å². The number of carbonyl (C=O) groups is 1. The molecule has 35 heavy (non-hydrogen) atoms. The van der Waals surface area contributed by atoms with Crippen LogP contribution >= 0.6 is 0 Å². The van der Waals surface area contributed by atoms with E-state index in [4.69, 9.17) is 0 Å². The predicted molar refractivity (Wildman–Crippen MR) is 132 cm³/mol. The van der Waals surface area contributed by atoms with E-state index in [2.05, 4.69) is 27.0 Å². The first-order valence-corrected chi connectivity index (χ1v) is 12.0. The molecule has 0 saturated carbocycles. The normalized spacial score (nSPS) is 19.1. The molecule has 2 aliphatic heterocycles. The maximum absolute atomic E-state index is 14.7. The Labute approximate surface area is 204 Å². The highest BCUT2D eigenvalue weighted by molar-refractivity contribution is 6.03. The molecule has 2 aliphatic rings. The Morgan fingerprint density at radius 3 is 2.20 bits per heavy atom. The van der Waals surface area contributed by atoms with Gasteiger partial charge in [0.2, 0.25) is 0 Å². The summed E-state index contributed by atoms with van der Waals surface area (Å²) in [6, 6.07) is 22.4. The number of carbonyl (C=O) groups excluding carboxylic acids is 1. The highest BCUT2D eigenvalue weighted by Gasteiger charge is 2.35. The van der Waals surface area contributed by atoms with Crippen LogP contribution in [0.15, 0.2) is 84.0 Å². The van der Waals surface area contributed by atoms with E-state index in [9.17, 15) is 13.6 Å². The molecular formula is C28H28F2N4O. The van der Waals surface area contributed by atoms with Crippen LogP contribution in [0.3, 0.4) is 0 Å². The lowest BCUT2D eigenvalue weighted by Crippen LogP contribution is -2.49.